The first-order valence-corrected chi connectivity index (χ1v) is 11.3. The van der Waals surface area contributed by atoms with Crippen LogP contribution >= 0.6 is 0 Å². The van der Waals surface area contributed by atoms with Crippen LogP contribution in [0.5, 0.6) is 11.5 Å². The van der Waals surface area contributed by atoms with Crippen LogP contribution in [0, 0.1) is 0 Å². The molecule has 2 aromatic carbocycles. The molecule has 1 fully saturated rings. The van der Waals surface area contributed by atoms with E-state index in [4.69, 9.17) is 9.47 Å². The monoisotopic (exact) mass is 417 g/mol. The molecule has 6 rings (SSSR count). The van der Waals surface area contributed by atoms with Crippen molar-refractivity contribution >= 4 is 16.6 Å². The number of aromatic nitrogens is 1. The predicted octanol–water partition coefficient (Wildman–Crippen LogP) is 3.44. The molecular weight excluding hydrogens is 390 g/mol. The van der Waals surface area contributed by atoms with Crippen molar-refractivity contribution in [1.29, 1.82) is 0 Å². The van der Waals surface area contributed by atoms with Crippen LogP contribution in [-0.2, 0) is 19.5 Å². The van der Waals surface area contributed by atoms with E-state index in [0.29, 0.717) is 6.04 Å². The quantitative estimate of drug-likeness (QED) is 0.705. The molecule has 0 unspecified atom stereocenters. The molecule has 4 heterocycles. The molecule has 0 aliphatic carbocycles. The zero-order chi connectivity index (χ0) is 20.8. The SMILES string of the molecule is O=c1cc(N(Cc2ccc3c(c2)OCO3)C2CCNCC2)c2cccc3c2n1CCC3. The third-order valence-electron chi connectivity index (χ3n) is 6.87. The first-order valence-electron chi connectivity index (χ1n) is 11.3. The molecule has 0 saturated carbocycles. The Hall–Kier alpha value is -2.99. The van der Waals surface area contributed by atoms with Crippen molar-refractivity contribution in [2.75, 3.05) is 24.8 Å². The molecule has 3 aromatic rings. The Balaban J connectivity index is 1.48. The number of nitrogens with zero attached hydrogens (tertiary/aromatic N) is 2. The molecule has 0 atom stereocenters. The number of pyridine rings is 1. The third kappa shape index (κ3) is 3.26. The van der Waals surface area contributed by atoms with Gasteiger partial charge in [0.05, 0.1) is 11.2 Å². The molecule has 3 aliphatic rings. The van der Waals surface area contributed by atoms with E-state index in [1.165, 1.54) is 16.5 Å². The van der Waals surface area contributed by atoms with Gasteiger partial charge >= 0.3 is 0 Å². The first-order chi connectivity index (χ1) is 15.3. The largest absolute Gasteiger partial charge is 0.454 e. The molecule has 6 heteroatoms. The number of benzene rings is 2. The Morgan fingerprint density at radius 1 is 1.06 bits per heavy atom. The molecule has 31 heavy (non-hydrogen) atoms. The Bertz CT molecular complexity index is 1200. The summed E-state index contributed by atoms with van der Waals surface area (Å²) >= 11 is 0. The standard InChI is InChI=1S/C25H27N3O3/c29-24-14-21(20-5-1-3-18-4-2-12-27(24)25(18)20)28(19-8-10-26-11-9-19)15-17-6-7-22-23(13-17)31-16-30-22/h1,3,5-7,13-14,19,26H,2,4,8-12,15-16H2. The molecule has 0 amide bonds. The second kappa shape index (κ2) is 7.61. The Labute approximate surface area is 181 Å². The van der Waals surface area contributed by atoms with Gasteiger partial charge in [-0.3, -0.25) is 4.79 Å². The lowest BCUT2D eigenvalue weighted by Gasteiger charge is -2.37. The molecule has 0 radical (unpaired) electrons. The van der Waals surface area contributed by atoms with E-state index in [1.807, 2.05) is 16.7 Å². The third-order valence-corrected chi connectivity index (χ3v) is 6.87. The van der Waals surface area contributed by atoms with E-state index < -0.39 is 0 Å². The lowest BCUT2D eigenvalue weighted by atomic mass is 9.97. The summed E-state index contributed by atoms with van der Waals surface area (Å²) in [4.78, 5) is 15.6. The van der Waals surface area contributed by atoms with Crippen LogP contribution in [0.15, 0.2) is 47.3 Å². The summed E-state index contributed by atoms with van der Waals surface area (Å²) in [5.41, 5.74) is 4.75. The maximum Gasteiger partial charge on any atom is 0.253 e. The average Bonchev–Trinajstić information content (AvgIpc) is 3.28. The van der Waals surface area contributed by atoms with Crippen LogP contribution in [0.4, 0.5) is 5.69 Å². The number of ether oxygens (including phenoxy) is 2. The Morgan fingerprint density at radius 2 is 1.94 bits per heavy atom. The molecular formula is C25H27N3O3. The van der Waals surface area contributed by atoms with Gasteiger partial charge in [0.2, 0.25) is 6.79 Å². The highest BCUT2D eigenvalue weighted by atomic mass is 16.7. The van der Waals surface area contributed by atoms with Crippen molar-refractivity contribution in [1.82, 2.24) is 9.88 Å². The minimum atomic E-state index is 0.110. The van der Waals surface area contributed by atoms with Gasteiger partial charge in [-0.25, -0.2) is 0 Å². The molecule has 3 aliphatic heterocycles. The second-order valence-corrected chi connectivity index (χ2v) is 8.73. The van der Waals surface area contributed by atoms with Gasteiger partial charge in [-0.15, -0.1) is 0 Å². The number of piperidine rings is 1. The maximum atomic E-state index is 13.2. The molecule has 0 spiro atoms. The number of hydrogen-bond acceptors (Lipinski definition) is 5. The van der Waals surface area contributed by atoms with Crippen molar-refractivity contribution < 1.29 is 9.47 Å². The van der Waals surface area contributed by atoms with Gasteiger partial charge in [-0.1, -0.05) is 24.3 Å². The number of para-hydroxylation sites is 1. The number of nitrogens with one attached hydrogen (secondary N) is 1. The van der Waals surface area contributed by atoms with Crippen LogP contribution in [0.3, 0.4) is 0 Å². The van der Waals surface area contributed by atoms with Crippen molar-refractivity contribution in [3.05, 3.63) is 63.9 Å². The minimum Gasteiger partial charge on any atom is -0.454 e. The lowest BCUT2D eigenvalue weighted by molar-refractivity contribution is 0.174. The number of hydrogen-bond donors (Lipinski definition) is 1. The number of fused-ring (bicyclic) bond motifs is 1. The van der Waals surface area contributed by atoms with Gasteiger partial charge in [0.1, 0.15) is 0 Å². The molecule has 1 N–H and O–H groups in total. The van der Waals surface area contributed by atoms with E-state index in [0.717, 1.165) is 74.6 Å². The second-order valence-electron chi connectivity index (χ2n) is 8.73. The van der Waals surface area contributed by atoms with Gasteiger partial charge in [-0.05, 0) is 62.0 Å². The van der Waals surface area contributed by atoms with Crippen LogP contribution in [0.25, 0.3) is 10.9 Å². The number of rotatable bonds is 4. The molecule has 1 saturated heterocycles. The smallest absolute Gasteiger partial charge is 0.253 e. The highest BCUT2D eigenvalue weighted by molar-refractivity contribution is 5.94. The first kappa shape index (κ1) is 18.8. The number of aryl methyl sites for hydroxylation is 2. The van der Waals surface area contributed by atoms with E-state index in [2.05, 4.69) is 40.5 Å². The summed E-state index contributed by atoms with van der Waals surface area (Å²) in [6.45, 7) is 3.83. The highest BCUT2D eigenvalue weighted by Gasteiger charge is 2.26. The van der Waals surface area contributed by atoms with Crippen LogP contribution in [-0.4, -0.2) is 30.5 Å². The van der Waals surface area contributed by atoms with Crippen molar-refractivity contribution in [3.8, 4) is 11.5 Å². The Morgan fingerprint density at radius 3 is 2.84 bits per heavy atom. The average molecular weight is 418 g/mol. The summed E-state index contributed by atoms with van der Waals surface area (Å²) in [5.74, 6) is 1.61. The fraction of sp³-hybridized carbons (Fsp3) is 0.400. The summed E-state index contributed by atoms with van der Waals surface area (Å²) in [5, 5.41) is 4.67. The number of anilines is 1. The van der Waals surface area contributed by atoms with E-state index in [1.54, 1.807) is 0 Å². The Kier molecular flexibility index (Phi) is 4.60. The predicted molar refractivity (Wildman–Crippen MR) is 121 cm³/mol. The van der Waals surface area contributed by atoms with Crippen molar-refractivity contribution in [2.24, 2.45) is 0 Å². The van der Waals surface area contributed by atoms with Gasteiger partial charge in [0.25, 0.3) is 5.56 Å². The van der Waals surface area contributed by atoms with Gasteiger partial charge < -0.3 is 24.3 Å². The van der Waals surface area contributed by atoms with Gasteiger partial charge in [0.15, 0.2) is 11.5 Å². The van der Waals surface area contributed by atoms with E-state index >= 15 is 0 Å². The van der Waals surface area contributed by atoms with Crippen LogP contribution < -0.4 is 25.2 Å². The zero-order valence-corrected chi connectivity index (χ0v) is 17.6. The zero-order valence-electron chi connectivity index (χ0n) is 17.6. The van der Waals surface area contributed by atoms with Gasteiger partial charge in [-0.2, -0.15) is 0 Å². The normalized spacial score (nSPS) is 17.8. The molecule has 1 aromatic heterocycles. The van der Waals surface area contributed by atoms with Crippen LogP contribution in [0.1, 0.15) is 30.4 Å². The molecule has 0 bridgehead atoms. The summed E-state index contributed by atoms with van der Waals surface area (Å²) in [6.07, 6.45) is 4.19. The fourth-order valence-corrected chi connectivity index (χ4v) is 5.35. The fourth-order valence-electron chi connectivity index (χ4n) is 5.35. The maximum absolute atomic E-state index is 13.2. The summed E-state index contributed by atoms with van der Waals surface area (Å²) < 4.78 is 13.1. The topological polar surface area (TPSA) is 55.7 Å². The highest BCUT2D eigenvalue weighted by Crippen LogP contribution is 2.36. The van der Waals surface area contributed by atoms with E-state index in [9.17, 15) is 4.79 Å². The van der Waals surface area contributed by atoms with Crippen molar-refractivity contribution in [2.45, 2.75) is 44.8 Å². The van der Waals surface area contributed by atoms with Crippen LogP contribution in [0.2, 0.25) is 0 Å². The van der Waals surface area contributed by atoms with Gasteiger partial charge in [0, 0.05) is 30.6 Å². The van der Waals surface area contributed by atoms with Crippen molar-refractivity contribution in [3.63, 3.8) is 0 Å². The molecule has 160 valence electrons. The minimum absolute atomic E-state index is 0.110. The molecule has 6 nitrogen and oxygen atoms in total. The lowest BCUT2D eigenvalue weighted by Crippen LogP contribution is -2.43. The van der Waals surface area contributed by atoms with E-state index in [-0.39, 0.29) is 12.4 Å². The summed E-state index contributed by atoms with van der Waals surface area (Å²) in [6, 6.07) is 14.9. The summed E-state index contributed by atoms with van der Waals surface area (Å²) in [7, 11) is 0.